The molecule has 2 atom stereocenters. The molecule has 4 heteroatoms. The molecule has 17 heavy (non-hydrogen) atoms. The monoisotopic (exact) mass is 238 g/mol. The maximum Gasteiger partial charge on any atom is 0.208 e. The van der Waals surface area contributed by atoms with Crippen LogP contribution in [0.25, 0.3) is 0 Å². The predicted octanol–water partition coefficient (Wildman–Crippen LogP) is 1.73. The van der Waals surface area contributed by atoms with Gasteiger partial charge in [0.05, 0.1) is 6.04 Å². The quantitative estimate of drug-likeness (QED) is 0.316. The summed E-state index contributed by atoms with van der Waals surface area (Å²) in [6.07, 6.45) is 6.33. The van der Waals surface area contributed by atoms with Gasteiger partial charge in [0.25, 0.3) is 0 Å². The van der Waals surface area contributed by atoms with Crippen LogP contribution in [0.1, 0.15) is 46.0 Å². The lowest BCUT2D eigenvalue weighted by Crippen LogP contribution is -2.50. The highest BCUT2D eigenvalue weighted by atomic mass is 15.4. The van der Waals surface area contributed by atoms with Crippen LogP contribution in [0.5, 0.6) is 0 Å². The molecule has 1 saturated heterocycles. The van der Waals surface area contributed by atoms with Crippen molar-refractivity contribution in [3.8, 4) is 0 Å². The van der Waals surface area contributed by atoms with Gasteiger partial charge in [-0.05, 0) is 31.1 Å². The van der Waals surface area contributed by atoms with Gasteiger partial charge >= 0.3 is 0 Å². The maximum absolute atomic E-state index is 5.64. The minimum atomic E-state index is 0.496. The van der Waals surface area contributed by atoms with Gasteiger partial charge in [0.2, 0.25) is 5.96 Å². The third-order valence-electron chi connectivity index (χ3n) is 4.39. The van der Waals surface area contributed by atoms with E-state index in [1.807, 2.05) is 0 Å². The molecule has 1 aliphatic carbocycles. The number of hydrazine groups is 1. The van der Waals surface area contributed by atoms with Crippen molar-refractivity contribution in [1.29, 1.82) is 0 Å². The average Bonchev–Trinajstić information content (AvgIpc) is 2.82. The smallest absolute Gasteiger partial charge is 0.208 e. The molecule has 0 bridgehead atoms. The first-order valence-electron chi connectivity index (χ1n) is 7.00. The van der Waals surface area contributed by atoms with Gasteiger partial charge in [-0.2, -0.15) is 0 Å². The fraction of sp³-hybridized carbons (Fsp3) is 0.923. The Morgan fingerprint density at radius 3 is 2.47 bits per heavy atom. The molecule has 2 fully saturated rings. The Balaban J connectivity index is 1.97. The normalized spacial score (nSPS) is 31.9. The van der Waals surface area contributed by atoms with Crippen LogP contribution >= 0.6 is 0 Å². The third kappa shape index (κ3) is 3.12. The second-order valence-corrected chi connectivity index (χ2v) is 5.72. The molecule has 0 aromatic carbocycles. The number of guanidine groups is 1. The molecule has 4 nitrogen and oxygen atoms in total. The van der Waals surface area contributed by atoms with Crippen molar-refractivity contribution in [2.45, 2.75) is 52.0 Å². The van der Waals surface area contributed by atoms with E-state index in [0.717, 1.165) is 30.9 Å². The van der Waals surface area contributed by atoms with E-state index in [1.165, 1.54) is 32.1 Å². The summed E-state index contributed by atoms with van der Waals surface area (Å²) in [5, 5.41) is 0. The standard InChI is InChI=1S/C13H26N4/c1-10-7-8-17(9-11(10)2)13(16-14)15-12-5-3-4-6-12/h10-12H,3-9,14H2,1-2H3,(H,15,16). The SMILES string of the molecule is CC1CCN(C(=NC2CCCC2)NN)CC1C. The molecule has 98 valence electrons. The Morgan fingerprint density at radius 2 is 1.88 bits per heavy atom. The van der Waals surface area contributed by atoms with Gasteiger partial charge in [-0.3, -0.25) is 5.43 Å². The first-order chi connectivity index (χ1) is 8.20. The number of rotatable bonds is 1. The first-order valence-corrected chi connectivity index (χ1v) is 7.00. The number of nitrogens with two attached hydrogens (primary N) is 1. The van der Waals surface area contributed by atoms with Crippen molar-refractivity contribution in [3.63, 3.8) is 0 Å². The van der Waals surface area contributed by atoms with Crippen LogP contribution in [0.4, 0.5) is 0 Å². The van der Waals surface area contributed by atoms with E-state index in [1.54, 1.807) is 0 Å². The summed E-state index contributed by atoms with van der Waals surface area (Å²) in [6, 6.07) is 0.496. The van der Waals surface area contributed by atoms with E-state index in [9.17, 15) is 0 Å². The molecule has 0 spiro atoms. The molecule has 2 aliphatic rings. The Labute approximate surface area is 105 Å². The Bertz CT molecular complexity index is 271. The highest BCUT2D eigenvalue weighted by Crippen LogP contribution is 2.24. The topological polar surface area (TPSA) is 53.6 Å². The Hall–Kier alpha value is -0.770. The molecule has 0 aromatic heterocycles. The lowest BCUT2D eigenvalue weighted by molar-refractivity contribution is 0.199. The molecule has 0 radical (unpaired) electrons. The van der Waals surface area contributed by atoms with Crippen LogP contribution in [0.15, 0.2) is 4.99 Å². The second kappa shape index (κ2) is 5.71. The fourth-order valence-corrected chi connectivity index (χ4v) is 2.87. The highest BCUT2D eigenvalue weighted by Gasteiger charge is 2.25. The highest BCUT2D eigenvalue weighted by molar-refractivity contribution is 5.79. The summed E-state index contributed by atoms with van der Waals surface area (Å²) in [5.41, 5.74) is 2.81. The average molecular weight is 238 g/mol. The largest absolute Gasteiger partial charge is 0.342 e. The van der Waals surface area contributed by atoms with E-state index in [2.05, 4.69) is 24.2 Å². The van der Waals surface area contributed by atoms with E-state index in [4.69, 9.17) is 10.8 Å². The summed E-state index contributed by atoms with van der Waals surface area (Å²) >= 11 is 0. The maximum atomic E-state index is 5.64. The molecule has 0 aromatic rings. The fourth-order valence-electron chi connectivity index (χ4n) is 2.87. The van der Waals surface area contributed by atoms with Gasteiger partial charge < -0.3 is 4.90 Å². The summed E-state index contributed by atoms with van der Waals surface area (Å²) in [5.74, 6) is 8.10. The molecule has 1 saturated carbocycles. The van der Waals surface area contributed by atoms with Gasteiger partial charge in [-0.15, -0.1) is 0 Å². The van der Waals surface area contributed by atoms with Crippen LogP contribution in [0.2, 0.25) is 0 Å². The molecule has 2 unspecified atom stereocenters. The van der Waals surface area contributed by atoms with Crippen LogP contribution in [0.3, 0.4) is 0 Å². The number of nitrogens with zero attached hydrogens (tertiary/aromatic N) is 2. The third-order valence-corrected chi connectivity index (χ3v) is 4.39. The number of hydrogen-bond acceptors (Lipinski definition) is 2. The van der Waals surface area contributed by atoms with Crippen molar-refractivity contribution >= 4 is 5.96 Å². The molecule has 2 rings (SSSR count). The summed E-state index contributed by atoms with van der Waals surface area (Å²) in [6.45, 7) is 6.82. The summed E-state index contributed by atoms with van der Waals surface area (Å²) < 4.78 is 0. The number of hydrogen-bond donors (Lipinski definition) is 2. The minimum Gasteiger partial charge on any atom is -0.342 e. The zero-order chi connectivity index (χ0) is 12.3. The molecule has 0 amide bonds. The lowest BCUT2D eigenvalue weighted by atomic mass is 9.89. The lowest BCUT2D eigenvalue weighted by Gasteiger charge is -2.37. The van der Waals surface area contributed by atoms with E-state index in [0.29, 0.717) is 6.04 Å². The Morgan fingerprint density at radius 1 is 1.18 bits per heavy atom. The van der Waals surface area contributed by atoms with Crippen molar-refractivity contribution in [2.24, 2.45) is 22.7 Å². The van der Waals surface area contributed by atoms with E-state index in [-0.39, 0.29) is 0 Å². The Kier molecular flexibility index (Phi) is 4.26. The first kappa shape index (κ1) is 12.7. The summed E-state index contributed by atoms with van der Waals surface area (Å²) in [7, 11) is 0. The van der Waals surface area contributed by atoms with Crippen LogP contribution < -0.4 is 11.3 Å². The minimum absolute atomic E-state index is 0.496. The molecule has 1 aliphatic heterocycles. The van der Waals surface area contributed by atoms with Gasteiger partial charge in [0.15, 0.2) is 0 Å². The number of likely N-dealkylation sites (tertiary alicyclic amines) is 1. The van der Waals surface area contributed by atoms with Gasteiger partial charge in [0.1, 0.15) is 0 Å². The van der Waals surface area contributed by atoms with Crippen molar-refractivity contribution in [2.75, 3.05) is 13.1 Å². The number of piperidine rings is 1. The van der Waals surface area contributed by atoms with Gasteiger partial charge in [-0.25, -0.2) is 10.8 Å². The van der Waals surface area contributed by atoms with Crippen molar-refractivity contribution in [1.82, 2.24) is 10.3 Å². The van der Waals surface area contributed by atoms with Gasteiger partial charge in [-0.1, -0.05) is 26.7 Å². The summed E-state index contributed by atoms with van der Waals surface area (Å²) in [4.78, 5) is 7.11. The predicted molar refractivity (Wildman–Crippen MR) is 71.5 cm³/mol. The van der Waals surface area contributed by atoms with Crippen molar-refractivity contribution < 1.29 is 0 Å². The zero-order valence-corrected chi connectivity index (χ0v) is 11.2. The van der Waals surface area contributed by atoms with Crippen molar-refractivity contribution in [3.05, 3.63) is 0 Å². The van der Waals surface area contributed by atoms with Crippen LogP contribution in [-0.2, 0) is 0 Å². The van der Waals surface area contributed by atoms with Crippen LogP contribution in [-0.4, -0.2) is 30.0 Å². The number of nitrogens with one attached hydrogen (secondary N) is 1. The molecular weight excluding hydrogens is 212 g/mol. The van der Waals surface area contributed by atoms with Gasteiger partial charge in [0, 0.05) is 13.1 Å². The number of aliphatic imine (C=N–C) groups is 1. The van der Waals surface area contributed by atoms with E-state index >= 15 is 0 Å². The second-order valence-electron chi connectivity index (χ2n) is 5.72. The van der Waals surface area contributed by atoms with Crippen LogP contribution in [0, 0.1) is 11.8 Å². The molecular formula is C13H26N4. The van der Waals surface area contributed by atoms with E-state index < -0.39 is 0 Å². The zero-order valence-electron chi connectivity index (χ0n) is 11.2. The molecule has 1 heterocycles. The molecule has 3 N–H and O–H groups in total.